The van der Waals surface area contributed by atoms with E-state index >= 15 is 0 Å². The zero-order chi connectivity index (χ0) is 15.1. The Kier molecular flexibility index (Phi) is 3.32. The number of amides is 1. The van der Waals surface area contributed by atoms with E-state index in [-0.39, 0.29) is 6.61 Å². The zero-order valence-electron chi connectivity index (χ0n) is 11.2. The van der Waals surface area contributed by atoms with Crippen molar-refractivity contribution in [3.05, 3.63) is 29.8 Å². The maximum absolute atomic E-state index is 12.6. The molecule has 3 rings (SSSR count). The molecule has 1 aromatic carbocycles. The Morgan fingerprint density at radius 3 is 2.52 bits per heavy atom. The van der Waals surface area contributed by atoms with Gasteiger partial charge in [0.05, 0.1) is 11.1 Å². The Morgan fingerprint density at radius 1 is 1.24 bits per heavy atom. The summed E-state index contributed by atoms with van der Waals surface area (Å²) in [4.78, 5) is 13.5. The first-order chi connectivity index (χ1) is 9.92. The predicted octanol–water partition coefficient (Wildman–Crippen LogP) is 2.78. The molecule has 4 nitrogen and oxygen atoms in total. The topological polar surface area (TPSA) is 41.6 Å². The number of anilines is 1. The molecular formula is C14H15F3N2O2. The van der Waals surface area contributed by atoms with Crippen LogP contribution in [0.3, 0.4) is 0 Å². The van der Waals surface area contributed by atoms with Crippen molar-refractivity contribution >= 4 is 11.8 Å². The van der Waals surface area contributed by atoms with Gasteiger partial charge in [0.25, 0.3) is 0 Å². The van der Waals surface area contributed by atoms with Gasteiger partial charge in [0, 0.05) is 12.2 Å². The fourth-order valence-electron chi connectivity index (χ4n) is 2.96. The first-order valence-corrected chi connectivity index (χ1v) is 6.77. The molecule has 1 aromatic rings. The van der Waals surface area contributed by atoms with Gasteiger partial charge in [-0.15, -0.1) is 0 Å². The molecule has 2 heterocycles. The van der Waals surface area contributed by atoms with Gasteiger partial charge in [-0.2, -0.15) is 13.2 Å². The van der Waals surface area contributed by atoms with Gasteiger partial charge in [0.2, 0.25) is 0 Å². The Hall–Kier alpha value is -1.76. The van der Waals surface area contributed by atoms with Crippen LogP contribution in [-0.2, 0) is 10.9 Å². The van der Waals surface area contributed by atoms with Crippen molar-refractivity contribution < 1.29 is 22.7 Å². The summed E-state index contributed by atoms with van der Waals surface area (Å²) in [5.74, 6) is 0. The van der Waals surface area contributed by atoms with Gasteiger partial charge < -0.3 is 10.1 Å². The summed E-state index contributed by atoms with van der Waals surface area (Å²) in [5.41, 5.74) is -0.779. The van der Waals surface area contributed by atoms with Crippen molar-refractivity contribution in [1.29, 1.82) is 0 Å². The van der Waals surface area contributed by atoms with Crippen LogP contribution < -0.4 is 10.2 Å². The Balaban J connectivity index is 1.92. The summed E-state index contributed by atoms with van der Waals surface area (Å²) >= 11 is 0. The number of ether oxygens (including phenoxy) is 1. The fourth-order valence-corrected chi connectivity index (χ4v) is 2.96. The van der Waals surface area contributed by atoms with Crippen LogP contribution in [0.5, 0.6) is 0 Å². The minimum absolute atomic E-state index is 0.264. The lowest BCUT2D eigenvalue weighted by Crippen LogP contribution is -2.57. The van der Waals surface area contributed by atoms with E-state index in [1.54, 1.807) is 0 Å². The Labute approximate surface area is 119 Å². The number of benzene rings is 1. The highest BCUT2D eigenvalue weighted by molar-refractivity contribution is 5.91. The molecule has 1 amide bonds. The molecule has 0 bridgehead atoms. The van der Waals surface area contributed by atoms with Crippen molar-refractivity contribution in [2.24, 2.45) is 0 Å². The summed E-state index contributed by atoms with van der Waals surface area (Å²) < 4.78 is 43.0. The maximum atomic E-state index is 12.6. The van der Waals surface area contributed by atoms with Gasteiger partial charge in [-0.25, -0.2) is 4.79 Å². The van der Waals surface area contributed by atoms with Crippen LogP contribution in [0.15, 0.2) is 24.3 Å². The van der Waals surface area contributed by atoms with Crippen molar-refractivity contribution in [2.75, 3.05) is 24.6 Å². The molecule has 114 valence electrons. The summed E-state index contributed by atoms with van der Waals surface area (Å²) in [6.45, 7) is 1.72. The number of nitrogens with one attached hydrogen (secondary N) is 1. The molecule has 1 unspecified atom stereocenters. The van der Waals surface area contributed by atoms with E-state index in [4.69, 9.17) is 4.74 Å². The summed E-state index contributed by atoms with van der Waals surface area (Å²) in [6, 6.07) is 4.63. The van der Waals surface area contributed by atoms with Crippen LogP contribution in [0.2, 0.25) is 0 Å². The quantitative estimate of drug-likeness (QED) is 0.867. The third-order valence-corrected chi connectivity index (χ3v) is 4.02. The molecule has 1 N–H and O–H groups in total. The maximum Gasteiger partial charge on any atom is 0.416 e. The van der Waals surface area contributed by atoms with Gasteiger partial charge in [-0.1, -0.05) is 0 Å². The summed E-state index contributed by atoms with van der Waals surface area (Å²) in [6.07, 6.45) is -3.22. The number of rotatable bonds is 1. The molecule has 0 radical (unpaired) electrons. The van der Waals surface area contributed by atoms with Gasteiger partial charge in [0.15, 0.2) is 0 Å². The number of carbonyl (C=O) groups is 1. The third-order valence-electron chi connectivity index (χ3n) is 4.02. The molecule has 0 aliphatic carbocycles. The number of piperidine rings is 1. The predicted molar refractivity (Wildman–Crippen MR) is 70.1 cm³/mol. The normalized spacial score (nSPS) is 26.2. The molecule has 2 saturated heterocycles. The molecule has 2 aliphatic heterocycles. The number of halogens is 3. The van der Waals surface area contributed by atoms with Crippen LogP contribution >= 0.6 is 0 Å². The average Bonchev–Trinajstić information content (AvgIpc) is 2.76. The number of hydrogen-bond donors (Lipinski definition) is 1. The number of alkyl halides is 3. The zero-order valence-corrected chi connectivity index (χ0v) is 11.2. The highest BCUT2D eigenvalue weighted by atomic mass is 19.4. The SMILES string of the molecule is O=C1OCC2(CCCNC2)N1c1ccc(C(F)(F)F)cc1. The average molecular weight is 300 g/mol. The number of hydrogen-bond acceptors (Lipinski definition) is 3. The largest absolute Gasteiger partial charge is 0.447 e. The molecule has 0 aromatic heterocycles. The van der Waals surface area contributed by atoms with Crippen molar-refractivity contribution in [1.82, 2.24) is 5.32 Å². The lowest BCUT2D eigenvalue weighted by Gasteiger charge is -2.38. The lowest BCUT2D eigenvalue weighted by atomic mass is 9.89. The highest BCUT2D eigenvalue weighted by Crippen LogP contribution is 2.37. The molecule has 1 atom stereocenters. The van der Waals surface area contributed by atoms with Crippen LogP contribution in [-0.4, -0.2) is 31.3 Å². The second kappa shape index (κ2) is 4.91. The molecule has 0 saturated carbocycles. The van der Waals surface area contributed by atoms with Gasteiger partial charge in [-0.05, 0) is 43.7 Å². The van der Waals surface area contributed by atoms with Gasteiger partial charge in [-0.3, -0.25) is 4.90 Å². The monoisotopic (exact) mass is 300 g/mol. The molecule has 1 spiro atoms. The van der Waals surface area contributed by atoms with E-state index in [0.29, 0.717) is 12.2 Å². The molecule has 2 aliphatic rings. The number of cyclic esters (lactones) is 1. The Morgan fingerprint density at radius 2 is 1.95 bits per heavy atom. The molecule has 7 heteroatoms. The second-order valence-corrected chi connectivity index (χ2v) is 5.44. The van der Waals surface area contributed by atoms with Crippen molar-refractivity contribution in [3.8, 4) is 0 Å². The van der Waals surface area contributed by atoms with E-state index in [0.717, 1.165) is 31.5 Å². The minimum Gasteiger partial charge on any atom is -0.447 e. The van der Waals surface area contributed by atoms with Crippen LogP contribution in [0, 0.1) is 0 Å². The number of carbonyl (C=O) groups excluding carboxylic acids is 1. The van der Waals surface area contributed by atoms with Crippen LogP contribution in [0.25, 0.3) is 0 Å². The molecular weight excluding hydrogens is 285 g/mol. The van der Waals surface area contributed by atoms with E-state index in [9.17, 15) is 18.0 Å². The molecule has 21 heavy (non-hydrogen) atoms. The number of nitrogens with zero attached hydrogens (tertiary/aromatic N) is 1. The second-order valence-electron chi connectivity index (χ2n) is 5.44. The van der Waals surface area contributed by atoms with Crippen molar-refractivity contribution in [2.45, 2.75) is 24.6 Å². The van der Waals surface area contributed by atoms with Crippen LogP contribution in [0.4, 0.5) is 23.7 Å². The summed E-state index contributed by atoms with van der Waals surface area (Å²) in [5, 5.41) is 3.22. The van der Waals surface area contributed by atoms with E-state index in [2.05, 4.69) is 5.32 Å². The third kappa shape index (κ3) is 2.46. The summed E-state index contributed by atoms with van der Waals surface area (Å²) in [7, 11) is 0. The first kappa shape index (κ1) is 14.2. The van der Waals surface area contributed by atoms with Gasteiger partial charge >= 0.3 is 12.3 Å². The smallest absolute Gasteiger partial charge is 0.416 e. The standard InChI is InChI=1S/C14H15F3N2O2/c15-14(16,17)10-2-4-11(5-3-10)19-12(20)21-9-13(19)6-1-7-18-8-13/h2-5,18H,1,6-9H2. The first-order valence-electron chi connectivity index (χ1n) is 6.77. The van der Waals surface area contributed by atoms with E-state index in [1.807, 2.05) is 0 Å². The Bertz CT molecular complexity index is 536. The molecule has 2 fully saturated rings. The minimum atomic E-state index is -4.38. The van der Waals surface area contributed by atoms with Crippen molar-refractivity contribution in [3.63, 3.8) is 0 Å². The van der Waals surface area contributed by atoms with Gasteiger partial charge in [0.1, 0.15) is 6.61 Å². The van der Waals surface area contributed by atoms with E-state index in [1.165, 1.54) is 17.0 Å². The fraction of sp³-hybridized carbons (Fsp3) is 0.500. The highest BCUT2D eigenvalue weighted by Gasteiger charge is 2.48. The van der Waals surface area contributed by atoms with E-state index < -0.39 is 23.4 Å². The van der Waals surface area contributed by atoms with Crippen LogP contribution in [0.1, 0.15) is 18.4 Å². The lowest BCUT2D eigenvalue weighted by molar-refractivity contribution is -0.137.